The molecule has 3 saturated heterocycles. The van der Waals surface area contributed by atoms with E-state index in [4.69, 9.17) is 21.3 Å². The number of nitrogens with zero attached hydrogens (tertiary/aromatic N) is 6. The largest absolute Gasteiger partial charge is 0.489 e. The number of nitrogens with one attached hydrogen (secondary N) is 1. The molecular weight excluding hydrogens is 849 g/mol. The van der Waals surface area contributed by atoms with E-state index in [1.165, 1.54) is 6.07 Å². The summed E-state index contributed by atoms with van der Waals surface area (Å²) in [6, 6.07) is 12.8. The summed E-state index contributed by atoms with van der Waals surface area (Å²) in [5.74, 6) is 4.62. The van der Waals surface area contributed by atoms with E-state index in [9.17, 15) is 29.2 Å². The van der Waals surface area contributed by atoms with Crippen LogP contribution in [0.2, 0.25) is 5.02 Å². The number of benzene rings is 2. The average molecular weight is 900 g/mol. The van der Waals surface area contributed by atoms with Gasteiger partial charge >= 0.3 is 0 Å². The number of fused-ring (bicyclic) bond motifs is 2. The first-order valence-corrected chi connectivity index (χ1v) is 23.1. The molecule has 0 radical (unpaired) electrons. The number of ether oxygens (including phenoxy) is 1. The van der Waals surface area contributed by atoms with Crippen LogP contribution in [-0.2, 0) is 16.1 Å². The fourth-order valence-corrected chi connectivity index (χ4v) is 12.8. The van der Waals surface area contributed by atoms with E-state index in [0.29, 0.717) is 59.0 Å². The Morgan fingerprint density at radius 2 is 1.55 bits per heavy atom. The van der Waals surface area contributed by atoms with Gasteiger partial charge in [0.2, 0.25) is 11.8 Å². The Balaban J connectivity index is 0.704. The molecule has 1 spiro atoms. The number of hydrogen-bond donors (Lipinski definition) is 1. The van der Waals surface area contributed by atoms with Gasteiger partial charge in [-0.05, 0) is 92.7 Å². The maximum atomic E-state index is 15.6. The monoisotopic (exact) mass is 899 g/mol. The van der Waals surface area contributed by atoms with Gasteiger partial charge in [0.1, 0.15) is 35.5 Å². The summed E-state index contributed by atoms with van der Waals surface area (Å²) in [4.78, 5) is 76.8. The molecule has 5 amide bonds. The van der Waals surface area contributed by atoms with Crippen LogP contribution in [0.3, 0.4) is 0 Å². The zero-order valence-corrected chi connectivity index (χ0v) is 37.8. The molecule has 5 aliphatic heterocycles. The fraction of sp³-hybridized carbons (Fsp3) is 0.500. The highest BCUT2D eigenvalue weighted by atomic mass is 35.5. The number of likely N-dealkylation sites (tertiary alicyclic amines) is 1. The summed E-state index contributed by atoms with van der Waals surface area (Å²) in [6.45, 7) is 12.2. The third-order valence-electron chi connectivity index (χ3n) is 15.5. The Bertz CT molecular complexity index is 2660. The van der Waals surface area contributed by atoms with Crippen molar-refractivity contribution in [1.29, 1.82) is 5.26 Å². The van der Waals surface area contributed by atoms with E-state index < -0.39 is 35.5 Å². The number of halogens is 2. The van der Waals surface area contributed by atoms with Crippen LogP contribution in [-0.4, -0.2) is 99.6 Å². The van der Waals surface area contributed by atoms with Gasteiger partial charge in [0.25, 0.3) is 17.7 Å². The molecule has 336 valence electrons. The van der Waals surface area contributed by atoms with Crippen molar-refractivity contribution in [2.45, 2.75) is 110 Å². The van der Waals surface area contributed by atoms with Crippen LogP contribution >= 0.6 is 11.6 Å². The molecule has 10 rings (SSSR count). The van der Waals surface area contributed by atoms with Gasteiger partial charge in [-0.2, -0.15) is 5.26 Å². The Morgan fingerprint density at radius 1 is 0.862 bits per heavy atom. The number of pyridine rings is 1. The number of amides is 5. The van der Waals surface area contributed by atoms with E-state index in [1.807, 2.05) is 21.9 Å². The molecule has 2 aliphatic carbocycles. The molecule has 2 aromatic carbocycles. The number of nitriles is 1. The molecule has 6 heterocycles. The average Bonchev–Trinajstić information content (AvgIpc) is 3.70. The van der Waals surface area contributed by atoms with Crippen molar-refractivity contribution in [3.8, 4) is 23.7 Å². The number of imide groups is 2. The molecule has 15 heteroatoms. The first kappa shape index (κ1) is 43.1. The van der Waals surface area contributed by atoms with Gasteiger partial charge in [0.05, 0.1) is 45.2 Å². The first-order chi connectivity index (χ1) is 31.0. The molecular formula is C50H51ClFN7O6. The SMILES string of the molecule is CC1(C)[C@H](Oc2ccc(C#N)c(Cl)c2)C(C)(C)[C@H]1N1Cc2nc(C#CC3CCC(N4CC5(CCN(c6cc7c(cc6F)C(=O)N(C6CCC(=O)NC6=O)C7=O)CC5)C4)CC3)ccc2C1=O. The van der Waals surface area contributed by atoms with Crippen LogP contribution < -0.4 is 15.0 Å². The molecule has 1 atom stereocenters. The lowest BCUT2D eigenvalue weighted by atomic mass is 9.49. The number of aromatic nitrogens is 1. The van der Waals surface area contributed by atoms with Gasteiger partial charge in [-0.3, -0.25) is 39.1 Å². The van der Waals surface area contributed by atoms with Crippen molar-refractivity contribution in [2.24, 2.45) is 22.2 Å². The predicted molar refractivity (Wildman–Crippen MR) is 237 cm³/mol. The molecule has 0 bridgehead atoms. The summed E-state index contributed by atoms with van der Waals surface area (Å²) in [7, 11) is 0. The van der Waals surface area contributed by atoms with E-state index in [-0.39, 0.29) is 64.2 Å². The summed E-state index contributed by atoms with van der Waals surface area (Å²) in [5, 5.41) is 11.8. The number of hydrogen-bond acceptors (Lipinski definition) is 10. The maximum Gasteiger partial charge on any atom is 0.262 e. The van der Waals surface area contributed by atoms with Crippen LogP contribution in [0.25, 0.3) is 0 Å². The number of carbonyl (C=O) groups is 5. The highest BCUT2D eigenvalue weighted by Gasteiger charge is 2.67. The minimum atomic E-state index is -1.10. The van der Waals surface area contributed by atoms with E-state index in [0.717, 1.165) is 68.3 Å². The van der Waals surface area contributed by atoms with E-state index in [1.54, 1.807) is 18.2 Å². The zero-order chi connectivity index (χ0) is 45.7. The van der Waals surface area contributed by atoms with Gasteiger partial charge in [0, 0.05) is 67.5 Å². The smallest absolute Gasteiger partial charge is 0.262 e. The summed E-state index contributed by atoms with van der Waals surface area (Å²) >= 11 is 6.30. The fourth-order valence-electron chi connectivity index (χ4n) is 12.6. The van der Waals surface area contributed by atoms with Crippen molar-refractivity contribution in [3.05, 3.63) is 86.9 Å². The molecule has 13 nitrogen and oxygen atoms in total. The number of rotatable bonds is 6. The molecule has 5 fully saturated rings. The molecule has 7 aliphatic rings. The predicted octanol–water partition coefficient (Wildman–Crippen LogP) is 6.50. The summed E-state index contributed by atoms with van der Waals surface area (Å²) < 4.78 is 22.0. The van der Waals surface area contributed by atoms with Crippen molar-refractivity contribution in [2.75, 3.05) is 31.1 Å². The van der Waals surface area contributed by atoms with Gasteiger partial charge in [-0.25, -0.2) is 9.37 Å². The molecule has 65 heavy (non-hydrogen) atoms. The number of anilines is 1. The van der Waals surface area contributed by atoms with Gasteiger partial charge in [-0.1, -0.05) is 45.2 Å². The standard InChI is InChI=1S/C50H51ClFN7O6/c1-48(2)46(49(3,4)47(48)65-32-13-8-29(24-53)36(51)21-32)58-25-38-33(43(58)62)14-10-30(54-38)9-5-28-6-11-31(12-7-28)57-26-50(27-57)17-19-56(20-18-50)40-23-35-34(22-37(40)52)44(63)59(45(35)64)39-15-16-41(60)55-42(39)61/h8,10,13-14,21-23,28,31,39,46-47H,6-7,11-12,15-20,25-27H2,1-4H3,(H,55,60,61)/t28?,31?,39?,46-,47-. The van der Waals surface area contributed by atoms with E-state index >= 15 is 4.39 Å². The molecule has 1 unspecified atom stereocenters. The lowest BCUT2D eigenvalue weighted by Crippen LogP contribution is -2.74. The van der Waals surface area contributed by atoms with Crippen LogP contribution in [0, 0.1) is 51.2 Å². The lowest BCUT2D eigenvalue weighted by molar-refractivity contribution is -0.199. The summed E-state index contributed by atoms with van der Waals surface area (Å²) in [5.41, 5.74) is 2.20. The minimum absolute atomic E-state index is 0.0199. The van der Waals surface area contributed by atoms with Crippen molar-refractivity contribution >= 4 is 46.8 Å². The highest BCUT2D eigenvalue weighted by Crippen LogP contribution is 2.59. The third kappa shape index (κ3) is 7.15. The maximum absolute atomic E-state index is 15.6. The topological polar surface area (TPSA) is 156 Å². The number of piperidine rings is 2. The van der Waals surface area contributed by atoms with Gasteiger partial charge < -0.3 is 14.5 Å². The molecule has 2 saturated carbocycles. The van der Waals surface area contributed by atoms with Crippen LogP contribution in [0.1, 0.15) is 127 Å². The second-order valence-electron chi connectivity index (χ2n) is 20.4. The van der Waals surface area contributed by atoms with Gasteiger partial charge in [0.15, 0.2) is 0 Å². The zero-order valence-electron chi connectivity index (χ0n) is 37.0. The van der Waals surface area contributed by atoms with Crippen molar-refractivity contribution < 1.29 is 33.1 Å². The van der Waals surface area contributed by atoms with Crippen molar-refractivity contribution in [3.63, 3.8) is 0 Å². The lowest BCUT2D eigenvalue weighted by Gasteiger charge is -2.65. The minimum Gasteiger partial charge on any atom is -0.489 e. The molecule has 1 aromatic heterocycles. The first-order valence-electron chi connectivity index (χ1n) is 22.7. The van der Waals surface area contributed by atoms with Crippen molar-refractivity contribution in [1.82, 2.24) is 25.0 Å². The quantitative estimate of drug-likeness (QED) is 0.214. The van der Waals surface area contributed by atoms with Crippen LogP contribution in [0.5, 0.6) is 5.75 Å². The molecule has 3 aromatic rings. The second kappa shape index (κ2) is 15.7. The van der Waals surface area contributed by atoms with E-state index in [2.05, 4.69) is 55.8 Å². The highest BCUT2D eigenvalue weighted by molar-refractivity contribution is 6.31. The van der Waals surface area contributed by atoms with Gasteiger partial charge in [-0.15, -0.1) is 0 Å². The normalized spacial score (nSPS) is 27.6. The summed E-state index contributed by atoms with van der Waals surface area (Å²) in [6.07, 6.45) is 5.82. The Kier molecular flexibility index (Phi) is 10.4. The Labute approximate surface area is 382 Å². The number of carbonyl (C=O) groups excluding carboxylic acids is 5. The third-order valence-corrected chi connectivity index (χ3v) is 15.9. The Hall–Kier alpha value is -5.83. The van der Waals surface area contributed by atoms with Crippen LogP contribution in [0.15, 0.2) is 42.5 Å². The van der Waals surface area contributed by atoms with Crippen LogP contribution in [0.4, 0.5) is 10.1 Å². The molecule has 1 N–H and O–H groups in total. The Morgan fingerprint density at radius 3 is 2.22 bits per heavy atom. The second-order valence-corrected chi connectivity index (χ2v) is 20.8.